The van der Waals surface area contributed by atoms with Gasteiger partial charge in [-0.25, -0.2) is 4.79 Å². The lowest BCUT2D eigenvalue weighted by Gasteiger charge is -2.21. The highest BCUT2D eigenvalue weighted by molar-refractivity contribution is 6.07. The number of urea groups is 1. The second-order valence-corrected chi connectivity index (χ2v) is 6.89. The molecule has 3 rings (SSSR count). The number of hydrogen-bond donors (Lipinski definition) is 2. The molecule has 2 N–H and O–H groups in total. The highest BCUT2D eigenvalue weighted by atomic mass is 19.3. The van der Waals surface area contributed by atoms with Crippen LogP contribution in [0.15, 0.2) is 47.6 Å². The maximum Gasteiger partial charge on any atom is 0.387 e. The molecule has 0 aliphatic carbocycles. The number of phenols is 1. The second kappa shape index (κ2) is 8.99. The van der Waals surface area contributed by atoms with Crippen molar-refractivity contribution in [2.24, 2.45) is 5.10 Å². The Labute approximate surface area is 177 Å². The SMILES string of the molecule is CCCOc1ccc(/C=N/N2C(=O)N[C@@](C)(c3ccc(OC(F)F)cc3)C2=O)c(O)c1. The van der Waals surface area contributed by atoms with Gasteiger partial charge >= 0.3 is 12.6 Å². The summed E-state index contributed by atoms with van der Waals surface area (Å²) in [5.41, 5.74) is -0.797. The monoisotopic (exact) mass is 433 g/mol. The third-order valence-corrected chi connectivity index (χ3v) is 4.61. The lowest BCUT2D eigenvalue weighted by molar-refractivity contribution is -0.131. The molecular weight excluding hydrogens is 412 g/mol. The average molecular weight is 433 g/mol. The first-order chi connectivity index (χ1) is 14.7. The Hall–Kier alpha value is -3.69. The van der Waals surface area contributed by atoms with E-state index in [9.17, 15) is 23.5 Å². The summed E-state index contributed by atoms with van der Waals surface area (Å²) < 4.78 is 34.3. The molecule has 0 radical (unpaired) electrons. The maximum absolute atomic E-state index is 12.9. The number of amides is 3. The fraction of sp³-hybridized carbons (Fsp3) is 0.286. The number of hydrogen-bond acceptors (Lipinski definition) is 6. The average Bonchev–Trinajstić information content (AvgIpc) is 2.95. The number of phenolic OH excluding ortho intramolecular Hbond substituents is 1. The molecule has 1 aliphatic rings. The first kappa shape index (κ1) is 22.0. The third-order valence-electron chi connectivity index (χ3n) is 4.61. The lowest BCUT2D eigenvalue weighted by atomic mass is 9.92. The Morgan fingerprint density at radius 3 is 2.48 bits per heavy atom. The van der Waals surface area contributed by atoms with E-state index < -0.39 is 24.1 Å². The minimum Gasteiger partial charge on any atom is -0.507 e. The largest absolute Gasteiger partial charge is 0.507 e. The highest BCUT2D eigenvalue weighted by Crippen LogP contribution is 2.31. The number of hydrazone groups is 1. The van der Waals surface area contributed by atoms with Gasteiger partial charge in [-0.3, -0.25) is 4.79 Å². The molecule has 1 atom stereocenters. The zero-order valence-electron chi connectivity index (χ0n) is 16.8. The molecule has 0 unspecified atom stereocenters. The molecule has 1 fully saturated rings. The van der Waals surface area contributed by atoms with E-state index in [2.05, 4.69) is 15.2 Å². The molecule has 164 valence electrons. The third kappa shape index (κ3) is 4.73. The molecule has 2 aromatic carbocycles. The quantitative estimate of drug-likeness (QED) is 0.490. The highest BCUT2D eigenvalue weighted by Gasteiger charge is 2.49. The van der Waals surface area contributed by atoms with E-state index >= 15 is 0 Å². The molecule has 10 heteroatoms. The minimum absolute atomic E-state index is 0.0733. The number of nitrogens with one attached hydrogen (secondary N) is 1. The van der Waals surface area contributed by atoms with Crippen molar-refractivity contribution in [3.05, 3.63) is 53.6 Å². The number of benzene rings is 2. The van der Waals surface area contributed by atoms with E-state index in [0.29, 0.717) is 22.9 Å². The number of aromatic hydroxyl groups is 1. The molecule has 8 nitrogen and oxygen atoms in total. The first-order valence-electron chi connectivity index (χ1n) is 9.46. The fourth-order valence-corrected chi connectivity index (χ4v) is 2.96. The number of nitrogens with zero attached hydrogens (tertiary/aromatic N) is 2. The maximum atomic E-state index is 12.9. The van der Waals surface area contributed by atoms with Crippen LogP contribution in [0, 0.1) is 0 Å². The van der Waals surface area contributed by atoms with Crippen LogP contribution in [-0.2, 0) is 10.3 Å². The van der Waals surface area contributed by atoms with Gasteiger partial charge in [0.05, 0.1) is 12.8 Å². The summed E-state index contributed by atoms with van der Waals surface area (Å²) in [5.74, 6) is -0.380. The normalized spacial score (nSPS) is 18.7. The molecule has 2 aromatic rings. The van der Waals surface area contributed by atoms with Crippen LogP contribution >= 0.6 is 0 Å². The molecule has 0 saturated carbocycles. The van der Waals surface area contributed by atoms with Crippen molar-refractivity contribution in [1.29, 1.82) is 0 Å². The number of carbonyl (C=O) groups excluding carboxylic acids is 2. The second-order valence-electron chi connectivity index (χ2n) is 6.89. The van der Waals surface area contributed by atoms with Gasteiger partial charge < -0.3 is 19.9 Å². The van der Waals surface area contributed by atoms with Gasteiger partial charge in [0.1, 0.15) is 22.8 Å². The molecule has 0 aromatic heterocycles. The van der Waals surface area contributed by atoms with Crippen molar-refractivity contribution in [3.8, 4) is 17.2 Å². The first-order valence-corrected chi connectivity index (χ1v) is 9.46. The Bertz CT molecular complexity index is 997. The van der Waals surface area contributed by atoms with Crippen LogP contribution in [0.4, 0.5) is 13.6 Å². The number of halogens is 2. The predicted molar refractivity (Wildman–Crippen MR) is 107 cm³/mol. The van der Waals surface area contributed by atoms with Crippen molar-refractivity contribution >= 4 is 18.2 Å². The van der Waals surface area contributed by atoms with Crippen molar-refractivity contribution in [2.45, 2.75) is 32.4 Å². The number of ether oxygens (including phenoxy) is 2. The van der Waals surface area contributed by atoms with Crippen molar-refractivity contribution in [1.82, 2.24) is 10.3 Å². The van der Waals surface area contributed by atoms with Crippen LogP contribution in [0.3, 0.4) is 0 Å². The van der Waals surface area contributed by atoms with Gasteiger partial charge in [-0.2, -0.15) is 13.9 Å². The molecule has 1 saturated heterocycles. The molecule has 3 amide bonds. The van der Waals surface area contributed by atoms with Crippen molar-refractivity contribution in [2.75, 3.05) is 6.61 Å². The van der Waals surface area contributed by atoms with E-state index in [1.807, 2.05) is 6.92 Å². The van der Waals surface area contributed by atoms with E-state index in [-0.39, 0.29) is 17.1 Å². The van der Waals surface area contributed by atoms with E-state index in [1.165, 1.54) is 43.5 Å². The minimum atomic E-state index is -2.97. The van der Waals surface area contributed by atoms with E-state index in [4.69, 9.17) is 4.74 Å². The Morgan fingerprint density at radius 2 is 1.87 bits per heavy atom. The predicted octanol–water partition coefficient (Wildman–Crippen LogP) is 3.58. The summed E-state index contributed by atoms with van der Waals surface area (Å²) in [5, 5.41) is 17.2. The zero-order valence-corrected chi connectivity index (χ0v) is 16.8. The number of rotatable bonds is 8. The summed E-state index contributed by atoms with van der Waals surface area (Å²) in [6, 6.07) is 9.19. The van der Waals surface area contributed by atoms with Crippen molar-refractivity contribution in [3.63, 3.8) is 0 Å². The topological polar surface area (TPSA) is 100 Å². The van der Waals surface area contributed by atoms with Gasteiger partial charge in [0, 0.05) is 11.6 Å². The zero-order chi connectivity index (χ0) is 22.6. The summed E-state index contributed by atoms with van der Waals surface area (Å²) in [4.78, 5) is 25.2. The van der Waals surface area contributed by atoms with Gasteiger partial charge in [-0.05, 0) is 43.2 Å². The summed E-state index contributed by atoms with van der Waals surface area (Å²) in [6.07, 6.45) is 2.00. The molecule has 0 bridgehead atoms. The van der Waals surface area contributed by atoms with E-state index in [1.54, 1.807) is 12.1 Å². The molecule has 1 aliphatic heterocycles. The molecule has 0 spiro atoms. The van der Waals surface area contributed by atoms with Crippen LogP contribution in [0.25, 0.3) is 0 Å². The van der Waals surface area contributed by atoms with Gasteiger partial charge in [-0.1, -0.05) is 19.1 Å². The Morgan fingerprint density at radius 1 is 1.19 bits per heavy atom. The molecule has 1 heterocycles. The number of imide groups is 1. The van der Waals surface area contributed by atoms with Crippen LogP contribution in [-0.4, -0.2) is 41.5 Å². The summed E-state index contributed by atoms with van der Waals surface area (Å²) >= 11 is 0. The number of alkyl halides is 2. The smallest absolute Gasteiger partial charge is 0.387 e. The van der Waals surface area contributed by atoms with Crippen LogP contribution in [0.1, 0.15) is 31.4 Å². The van der Waals surface area contributed by atoms with Crippen LogP contribution in [0.2, 0.25) is 0 Å². The van der Waals surface area contributed by atoms with Gasteiger partial charge in [-0.15, -0.1) is 5.01 Å². The standard InChI is InChI=1S/C21H21F2N3O5/c1-3-10-30-16-7-4-13(17(27)11-16)12-24-26-18(28)21(2,25-20(26)29)14-5-8-15(9-6-14)31-19(22)23/h4-9,11-12,19,27H,3,10H2,1-2H3,(H,25,29)/b24-12+/t21-/m0/s1. The van der Waals surface area contributed by atoms with Gasteiger partial charge in [0.15, 0.2) is 0 Å². The van der Waals surface area contributed by atoms with Crippen molar-refractivity contribution < 1.29 is 33.0 Å². The summed E-state index contributed by atoms with van der Waals surface area (Å²) in [7, 11) is 0. The van der Waals surface area contributed by atoms with Gasteiger partial charge in [0.25, 0.3) is 5.91 Å². The van der Waals surface area contributed by atoms with E-state index in [0.717, 1.165) is 6.42 Å². The van der Waals surface area contributed by atoms with Crippen LogP contribution < -0.4 is 14.8 Å². The van der Waals surface area contributed by atoms with Gasteiger partial charge in [0.2, 0.25) is 0 Å². The Kier molecular flexibility index (Phi) is 6.38. The lowest BCUT2D eigenvalue weighted by Crippen LogP contribution is -2.40. The number of carbonyl (C=O) groups is 2. The Balaban J connectivity index is 1.77. The molecular formula is C21H21F2N3O5. The molecule has 31 heavy (non-hydrogen) atoms. The summed E-state index contributed by atoms with van der Waals surface area (Å²) in [6.45, 7) is 0.965. The fourth-order valence-electron chi connectivity index (χ4n) is 2.96. The van der Waals surface area contributed by atoms with Crippen LogP contribution in [0.5, 0.6) is 17.2 Å².